The number of ketones is 1. The van der Waals surface area contributed by atoms with Gasteiger partial charge in [0.25, 0.3) is 0 Å². The average Bonchev–Trinajstić information content (AvgIpc) is 2.74. The third-order valence-corrected chi connectivity index (χ3v) is 5.78. The van der Waals surface area contributed by atoms with Gasteiger partial charge in [-0.05, 0) is 65.1 Å². The maximum absolute atomic E-state index is 12.4. The molecule has 1 nitrogen and oxygen atoms in total. The topological polar surface area (TPSA) is 17.1 Å². The van der Waals surface area contributed by atoms with Crippen LogP contribution in [0.2, 0.25) is 0 Å². The van der Waals surface area contributed by atoms with Gasteiger partial charge >= 0.3 is 0 Å². The third kappa shape index (κ3) is 3.24. The Bertz CT molecular complexity index is 422. The fraction of sp³-hybridized carbons (Fsp3) is 0.667. The van der Waals surface area contributed by atoms with E-state index in [1.54, 1.807) is 11.3 Å². The van der Waals surface area contributed by atoms with Gasteiger partial charge in [0.1, 0.15) is 0 Å². The Hall–Kier alpha value is -0.150. The van der Waals surface area contributed by atoms with Crippen molar-refractivity contribution in [3.63, 3.8) is 0 Å². The van der Waals surface area contributed by atoms with Crippen LogP contribution in [0.25, 0.3) is 0 Å². The van der Waals surface area contributed by atoms with E-state index in [-0.39, 0.29) is 5.92 Å². The van der Waals surface area contributed by atoms with Crippen molar-refractivity contribution in [3.05, 3.63) is 20.8 Å². The van der Waals surface area contributed by atoms with E-state index in [9.17, 15) is 4.79 Å². The van der Waals surface area contributed by atoms with Crippen LogP contribution in [-0.2, 0) is 0 Å². The first-order chi connectivity index (χ1) is 8.38. The summed E-state index contributed by atoms with van der Waals surface area (Å²) in [5.74, 6) is 1.39. The summed E-state index contributed by atoms with van der Waals surface area (Å²) in [6.07, 6.45) is 4.53. The molecule has 0 unspecified atom stereocenters. The Morgan fingerprint density at radius 2 is 1.83 bits per heavy atom. The molecule has 0 N–H and O–H groups in total. The molecule has 100 valence electrons. The molecule has 1 aliphatic rings. The maximum atomic E-state index is 12.4. The summed E-state index contributed by atoms with van der Waals surface area (Å²) in [4.78, 5) is 13.3. The number of hydrogen-bond donors (Lipinski definition) is 0. The number of thiophene rings is 1. The second-order valence-electron chi connectivity index (χ2n) is 6.38. The van der Waals surface area contributed by atoms with Gasteiger partial charge in [0.05, 0.1) is 8.66 Å². The van der Waals surface area contributed by atoms with E-state index in [0.29, 0.717) is 11.2 Å². The molecule has 3 heteroatoms. The molecule has 18 heavy (non-hydrogen) atoms. The van der Waals surface area contributed by atoms with Crippen LogP contribution in [0, 0.1) is 17.3 Å². The van der Waals surface area contributed by atoms with E-state index in [4.69, 9.17) is 0 Å². The van der Waals surface area contributed by atoms with Crippen LogP contribution in [0.15, 0.2) is 15.9 Å². The van der Waals surface area contributed by atoms with Crippen LogP contribution in [0.3, 0.4) is 0 Å². The first-order valence-corrected chi connectivity index (χ1v) is 8.28. The van der Waals surface area contributed by atoms with Gasteiger partial charge in [-0.25, -0.2) is 0 Å². The normalized spacial score (nSPS) is 25.1. The average molecular weight is 329 g/mol. The second kappa shape index (κ2) is 5.46. The Labute approximate surface area is 122 Å². The van der Waals surface area contributed by atoms with Gasteiger partial charge < -0.3 is 0 Å². The lowest BCUT2D eigenvalue weighted by Crippen LogP contribution is -2.28. The van der Waals surface area contributed by atoms with Crippen molar-refractivity contribution in [2.45, 2.75) is 46.5 Å². The van der Waals surface area contributed by atoms with Gasteiger partial charge in [-0.1, -0.05) is 20.8 Å². The molecule has 0 bridgehead atoms. The van der Waals surface area contributed by atoms with E-state index in [2.05, 4.69) is 36.7 Å². The molecule has 1 aromatic heterocycles. The molecule has 0 saturated heterocycles. The summed E-state index contributed by atoms with van der Waals surface area (Å²) < 4.78 is 1.05. The highest BCUT2D eigenvalue weighted by Crippen LogP contribution is 2.41. The molecule has 1 aromatic rings. The number of carbonyl (C=O) groups is 1. The van der Waals surface area contributed by atoms with Gasteiger partial charge in [-0.15, -0.1) is 11.3 Å². The largest absolute Gasteiger partial charge is 0.293 e. The van der Waals surface area contributed by atoms with Crippen molar-refractivity contribution in [1.29, 1.82) is 0 Å². The van der Waals surface area contributed by atoms with Crippen molar-refractivity contribution in [2.75, 3.05) is 0 Å². The molecule has 0 spiro atoms. The second-order valence-corrected chi connectivity index (χ2v) is 8.85. The summed E-state index contributed by atoms with van der Waals surface area (Å²) in [6.45, 7) is 6.95. The summed E-state index contributed by atoms with van der Waals surface area (Å²) in [5, 5.41) is 0. The minimum atomic E-state index is 0.258. The molecule has 0 amide bonds. The molecule has 2 rings (SSSR count). The zero-order valence-electron chi connectivity index (χ0n) is 11.3. The Morgan fingerprint density at radius 3 is 2.28 bits per heavy atom. The number of Topliss-reactive ketones (excluding diaryl/α,β-unsaturated/α-hetero) is 1. The van der Waals surface area contributed by atoms with Crippen LogP contribution in [0.5, 0.6) is 0 Å². The van der Waals surface area contributed by atoms with Gasteiger partial charge in [-0.2, -0.15) is 0 Å². The predicted octanol–water partition coefficient (Wildman–Crippen LogP) is 5.55. The van der Waals surface area contributed by atoms with Crippen molar-refractivity contribution in [1.82, 2.24) is 0 Å². The van der Waals surface area contributed by atoms with Crippen molar-refractivity contribution < 1.29 is 4.79 Å². The first kappa shape index (κ1) is 14.3. The van der Waals surface area contributed by atoms with Crippen molar-refractivity contribution in [2.24, 2.45) is 17.3 Å². The van der Waals surface area contributed by atoms with E-state index in [1.165, 1.54) is 12.8 Å². The van der Waals surface area contributed by atoms with Crippen LogP contribution >= 0.6 is 27.3 Å². The molecule has 1 heterocycles. The Kier molecular flexibility index (Phi) is 4.32. The SMILES string of the molecule is CC(C)(C)C1CCC(C(=O)c2ccc(Br)s2)CC1. The van der Waals surface area contributed by atoms with E-state index in [0.717, 1.165) is 27.4 Å². The van der Waals surface area contributed by atoms with E-state index < -0.39 is 0 Å². The number of rotatable bonds is 2. The molecule has 1 fully saturated rings. The van der Waals surface area contributed by atoms with Gasteiger partial charge in [0.15, 0.2) is 5.78 Å². The lowest BCUT2D eigenvalue weighted by Gasteiger charge is -2.36. The van der Waals surface area contributed by atoms with E-state index in [1.807, 2.05) is 12.1 Å². The summed E-state index contributed by atoms with van der Waals surface area (Å²) >= 11 is 4.99. The fourth-order valence-corrected chi connectivity index (χ4v) is 4.27. The summed E-state index contributed by atoms with van der Waals surface area (Å²) in [5.41, 5.74) is 0.389. The first-order valence-electron chi connectivity index (χ1n) is 6.67. The smallest absolute Gasteiger partial charge is 0.175 e. The van der Waals surface area contributed by atoms with Gasteiger partial charge in [0.2, 0.25) is 0 Å². The molecule has 0 atom stereocenters. The molecule has 0 aliphatic heterocycles. The highest BCUT2D eigenvalue weighted by molar-refractivity contribution is 9.11. The number of halogens is 1. The number of carbonyl (C=O) groups excluding carboxylic acids is 1. The Balaban J connectivity index is 1.96. The van der Waals surface area contributed by atoms with Crippen LogP contribution in [0.1, 0.15) is 56.1 Å². The third-order valence-electron chi connectivity index (χ3n) is 4.14. The van der Waals surface area contributed by atoms with E-state index >= 15 is 0 Å². The predicted molar refractivity (Wildman–Crippen MR) is 81.3 cm³/mol. The Morgan fingerprint density at radius 1 is 1.22 bits per heavy atom. The zero-order chi connectivity index (χ0) is 13.3. The lowest BCUT2D eigenvalue weighted by molar-refractivity contribution is 0.0823. The lowest BCUT2D eigenvalue weighted by atomic mass is 9.69. The van der Waals surface area contributed by atoms with Crippen LogP contribution in [0.4, 0.5) is 0 Å². The molecular formula is C15H21BrOS. The molecule has 0 radical (unpaired) electrons. The fourth-order valence-electron chi connectivity index (χ4n) is 2.87. The molecule has 0 aromatic carbocycles. The van der Waals surface area contributed by atoms with Crippen molar-refractivity contribution in [3.8, 4) is 0 Å². The monoisotopic (exact) mass is 328 g/mol. The summed E-state index contributed by atoms with van der Waals surface area (Å²) in [6, 6.07) is 3.92. The number of hydrogen-bond acceptors (Lipinski definition) is 2. The van der Waals surface area contributed by atoms with Crippen LogP contribution < -0.4 is 0 Å². The van der Waals surface area contributed by atoms with Gasteiger partial charge in [0, 0.05) is 5.92 Å². The minimum absolute atomic E-state index is 0.258. The molecule has 1 aliphatic carbocycles. The highest BCUT2D eigenvalue weighted by atomic mass is 79.9. The zero-order valence-corrected chi connectivity index (χ0v) is 13.7. The summed E-state index contributed by atoms with van der Waals surface area (Å²) in [7, 11) is 0. The van der Waals surface area contributed by atoms with Gasteiger partial charge in [-0.3, -0.25) is 4.79 Å². The quantitative estimate of drug-likeness (QED) is 0.651. The molecular weight excluding hydrogens is 308 g/mol. The maximum Gasteiger partial charge on any atom is 0.175 e. The van der Waals surface area contributed by atoms with Crippen molar-refractivity contribution >= 4 is 33.0 Å². The highest BCUT2D eigenvalue weighted by Gasteiger charge is 2.32. The molecule has 1 saturated carbocycles. The van der Waals surface area contributed by atoms with Crippen LogP contribution in [-0.4, -0.2) is 5.78 Å². The minimum Gasteiger partial charge on any atom is -0.293 e. The standard InChI is InChI=1S/C15H21BrOS/c1-15(2,3)11-6-4-10(5-7-11)14(17)12-8-9-13(16)18-12/h8-11H,4-7H2,1-3H3.